The third-order valence-corrected chi connectivity index (χ3v) is 4.71. The minimum absolute atomic E-state index is 0.0835. The first-order chi connectivity index (χ1) is 8.13. The molecule has 0 fully saturated rings. The van der Waals surface area contributed by atoms with E-state index in [-0.39, 0.29) is 16.3 Å². The van der Waals surface area contributed by atoms with Crippen LogP contribution in [0, 0.1) is 0 Å². The molecule has 1 rings (SSSR count). The molecule has 0 unspecified atom stereocenters. The maximum absolute atomic E-state index is 11.8. The van der Waals surface area contributed by atoms with Gasteiger partial charge in [-0.2, -0.15) is 0 Å². The molecule has 1 aromatic rings. The second-order valence-electron chi connectivity index (χ2n) is 3.69. The molecule has 0 aliphatic heterocycles. The first-order valence-corrected chi connectivity index (χ1v) is 8.61. The van der Waals surface area contributed by atoms with Crippen molar-refractivity contribution in [2.45, 2.75) is 16.7 Å². The van der Waals surface area contributed by atoms with Crippen LogP contribution in [0.5, 0.6) is 0 Å². The Morgan fingerprint density at radius 1 is 1.28 bits per heavy atom. The summed E-state index contributed by atoms with van der Waals surface area (Å²) in [4.78, 5) is -0.423. The van der Waals surface area contributed by atoms with Crippen molar-refractivity contribution in [2.75, 3.05) is 6.54 Å². The van der Waals surface area contributed by atoms with Crippen molar-refractivity contribution >= 4 is 29.8 Å². The second kappa shape index (κ2) is 5.40. The summed E-state index contributed by atoms with van der Waals surface area (Å²) in [5.74, 6) is 0. The van der Waals surface area contributed by atoms with Gasteiger partial charge in [0.2, 0.25) is 10.0 Å². The van der Waals surface area contributed by atoms with E-state index < -0.39 is 19.1 Å². The van der Waals surface area contributed by atoms with Crippen LogP contribution in [0.4, 0.5) is 0 Å². The van der Waals surface area contributed by atoms with Crippen LogP contribution in [0.15, 0.2) is 46.2 Å². The smallest absolute Gasteiger partial charge is 0.207 e. The molecule has 0 aromatic heterocycles. The molecule has 0 atom stereocenters. The molecule has 0 bridgehead atoms. The molecule has 100 valence electrons. The fourth-order valence-corrected chi connectivity index (χ4v) is 3.11. The van der Waals surface area contributed by atoms with Crippen LogP contribution in [0.2, 0.25) is 0 Å². The number of rotatable bonds is 5. The number of nitrogens with one attached hydrogen (secondary N) is 1. The predicted octanol–water partition coefficient (Wildman–Crippen LogP) is 1.47. The highest BCUT2D eigenvalue weighted by Gasteiger charge is 2.17. The molecule has 0 aliphatic carbocycles. The average Bonchev–Trinajstić information content (AvgIpc) is 2.26. The Labute approximate surface area is 111 Å². The van der Waals surface area contributed by atoms with E-state index >= 15 is 0 Å². The third-order valence-electron chi connectivity index (χ3n) is 1.96. The highest BCUT2D eigenvalue weighted by molar-refractivity contribution is 8.13. The van der Waals surface area contributed by atoms with Crippen molar-refractivity contribution in [3.63, 3.8) is 0 Å². The van der Waals surface area contributed by atoms with Crippen molar-refractivity contribution in [1.29, 1.82) is 0 Å². The molecule has 8 heteroatoms. The van der Waals surface area contributed by atoms with Gasteiger partial charge >= 0.3 is 0 Å². The maximum atomic E-state index is 11.8. The molecule has 0 radical (unpaired) electrons. The van der Waals surface area contributed by atoms with E-state index in [4.69, 9.17) is 10.7 Å². The standard InChI is InChI=1S/C10H12ClNO4S2/c1-8(2)7-12-18(15,16)10-5-3-4-9(6-10)17(11,13)14/h3-6,12H,1,7H2,2H3. The number of hydrogen-bond acceptors (Lipinski definition) is 4. The lowest BCUT2D eigenvalue weighted by Crippen LogP contribution is -2.25. The quantitative estimate of drug-likeness (QED) is 0.660. The number of hydrogen-bond donors (Lipinski definition) is 1. The van der Waals surface area contributed by atoms with Gasteiger partial charge < -0.3 is 0 Å². The Balaban J connectivity index is 3.15. The van der Waals surface area contributed by atoms with E-state index in [2.05, 4.69) is 11.3 Å². The molecule has 18 heavy (non-hydrogen) atoms. The Morgan fingerprint density at radius 3 is 2.33 bits per heavy atom. The summed E-state index contributed by atoms with van der Waals surface area (Å²) in [5.41, 5.74) is 0.639. The van der Waals surface area contributed by atoms with Gasteiger partial charge in [0.25, 0.3) is 9.05 Å². The number of halogens is 1. The normalized spacial score (nSPS) is 12.3. The van der Waals surface area contributed by atoms with Crippen molar-refractivity contribution in [3.8, 4) is 0 Å². The molecule has 0 aliphatic rings. The zero-order valence-corrected chi connectivity index (χ0v) is 11.9. The van der Waals surface area contributed by atoms with Crippen LogP contribution in [-0.2, 0) is 19.1 Å². The van der Waals surface area contributed by atoms with Crippen molar-refractivity contribution < 1.29 is 16.8 Å². The summed E-state index contributed by atoms with van der Waals surface area (Å²) in [7, 11) is -2.58. The highest BCUT2D eigenvalue weighted by Crippen LogP contribution is 2.18. The average molecular weight is 310 g/mol. The zero-order valence-electron chi connectivity index (χ0n) is 9.55. The van der Waals surface area contributed by atoms with Crippen molar-refractivity contribution in [1.82, 2.24) is 4.72 Å². The van der Waals surface area contributed by atoms with Gasteiger partial charge in [-0.25, -0.2) is 21.6 Å². The minimum Gasteiger partial charge on any atom is -0.207 e. The topological polar surface area (TPSA) is 80.3 Å². The van der Waals surface area contributed by atoms with Gasteiger partial charge in [0, 0.05) is 17.2 Å². The molecule has 5 nitrogen and oxygen atoms in total. The first-order valence-electron chi connectivity index (χ1n) is 4.82. The summed E-state index contributed by atoms with van der Waals surface area (Å²) >= 11 is 0. The van der Waals surface area contributed by atoms with Crippen molar-refractivity contribution in [3.05, 3.63) is 36.4 Å². The van der Waals surface area contributed by atoms with Crippen LogP contribution in [0.1, 0.15) is 6.92 Å². The van der Waals surface area contributed by atoms with E-state index in [1.54, 1.807) is 6.92 Å². The van der Waals surface area contributed by atoms with E-state index in [1.165, 1.54) is 18.2 Å². The fourth-order valence-electron chi connectivity index (χ4n) is 1.09. The van der Waals surface area contributed by atoms with E-state index in [0.29, 0.717) is 5.57 Å². The Morgan fingerprint density at radius 2 is 1.83 bits per heavy atom. The monoisotopic (exact) mass is 309 g/mol. The van der Waals surface area contributed by atoms with Crippen LogP contribution < -0.4 is 4.72 Å². The first kappa shape index (κ1) is 15.2. The third kappa shape index (κ3) is 4.09. The van der Waals surface area contributed by atoms with Gasteiger partial charge in [-0.05, 0) is 25.1 Å². The molecule has 1 N–H and O–H groups in total. The molecule has 0 saturated carbocycles. The molecule has 0 heterocycles. The predicted molar refractivity (Wildman–Crippen MR) is 69.5 cm³/mol. The molecule has 0 saturated heterocycles. The molecule has 1 aromatic carbocycles. The van der Waals surface area contributed by atoms with Gasteiger partial charge in [-0.3, -0.25) is 0 Å². The number of benzene rings is 1. The van der Waals surface area contributed by atoms with Crippen molar-refractivity contribution in [2.24, 2.45) is 0 Å². The second-order valence-corrected chi connectivity index (χ2v) is 8.03. The van der Waals surface area contributed by atoms with Gasteiger partial charge in [-0.1, -0.05) is 18.2 Å². The fraction of sp³-hybridized carbons (Fsp3) is 0.200. The summed E-state index contributed by atoms with van der Waals surface area (Å²) in [6.45, 7) is 5.32. The van der Waals surface area contributed by atoms with E-state index in [9.17, 15) is 16.8 Å². The SMILES string of the molecule is C=C(C)CNS(=O)(=O)c1cccc(S(=O)(=O)Cl)c1. The van der Waals surface area contributed by atoms with Crippen LogP contribution >= 0.6 is 10.7 Å². The summed E-state index contributed by atoms with van der Waals surface area (Å²) in [5, 5.41) is 0. The highest BCUT2D eigenvalue weighted by atomic mass is 35.7. The summed E-state index contributed by atoms with van der Waals surface area (Å²) in [6.07, 6.45) is 0. The van der Waals surface area contributed by atoms with Crippen LogP contribution in [-0.4, -0.2) is 23.4 Å². The number of sulfonamides is 1. The Hall–Kier alpha value is -0.890. The van der Waals surface area contributed by atoms with Gasteiger partial charge in [0.1, 0.15) is 0 Å². The van der Waals surface area contributed by atoms with Crippen LogP contribution in [0.25, 0.3) is 0 Å². The lowest BCUT2D eigenvalue weighted by Gasteiger charge is -2.07. The lowest BCUT2D eigenvalue weighted by atomic mass is 10.4. The summed E-state index contributed by atoms with van der Waals surface area (Å²) < 4.78 is 48.2. The lowest BCUT2D eigenvalue weighted by molar-refractivity contribution is 0.584. The zero-order chi connectivity index (χ0) is 14.0. The van der Waals surface area contributed by atoms with Crippen LogP contribution in [0.3, 0.4) is 0 Å². The Kier molecular flexibility index (Phi) is 4.55. The van der Waals surface area contributed by atoms with Gasteiger partial charge in [-0.15, -0.1) is 0 Å². The maximum Gasteiger partial charge on any atom is 0.261 e. The van der Waals surface area contributed by atoms with Gasteiger partial charge in [0.15, 0.2) is 0 Å². The van der Waals surface area contributed by atoms with E-state index in [1.807, 2.05) is 0 Å². The van der Waals surface area contributed by atoms with Gasteiger partial charge in [0.05, 0.1) is 9.79 Å². The molecule has 0 amide bonds. The molecular weight excluding hydrogens is 298 g/mol. The van der Waals surface area contributed by atoms with E-state index in [0.717, 1.165) is 6.07 Å². The molecule has 0 spiro atoms. The Bertz CT molecular complexity index is 665. The minimum atomic E-state index is -3.95. The summed E-state index contributed by atoms with van der Waals surface area (Å²) in [6, 6.07) is 4.82. The molecular formula is C10H12ClNO4S2. The largest absolute Gasteiger partial charge is 0.261 e.